The van der Waals surface area contributed by atoms with Gasteiger partial charge in [-0.15, -0.1) is 0 Å². The molecule has 0 saturated carbocycles. The first-order chi connectivity index (χ1) is 10.3. The van der Waals surface area contributed by atoms with Crippen LogP contribution >= 0.6 is 0 Å². The van der Waals surface area contributed by atoms with Crippen LogP contribution in [0.4, 0.5) is 0 Å². The maximum Gasteiger partial charge on any atom is 0.204 e. The van der Waals surface area contributed by atoms with Crippen LogP contribution in [0.1, 0.15) is 25.2 Å². The Morgan fingerprint density at radius 3 is 2.62 bits per heavy atom. The summed E-state index contributed by atoms with van der Waals surface area (Å²) in [6.45, 7) is 7.55. The van der Waals surface area contributed by atoms with E-state index in [1.54, 1.807) is 0 Å². The molecule has 0 spiro atoms. The highest BCUT2D eigenvalue weighted by Crippen LogP contribution is 2.01. The van der Waals surface area contributed by atoms with Gasteiger partial charge in [-0.2, -0.15) is 5.10 Å². The van der Waals surface area contributed by atoms with E-state index in [0.29, 0.717) is 0 Å². The Bertz CT molecular complexity index is 646. The van der Waals surface area contributed by atoms with Gasteiger partial charge in [-0.05, 0) is 44.7 Å². The van der Waals surface area contributed by atoms with Crippen LogP contribution in [0.5, 0.6) is 0 Å². The fraction of sp³-hybridized carbons (Fsp3) is 0.400. The molecule has 3 aromatic rings. The molecule has 1 N–H and O–H groups in total. The second kappa shape index (κ2) is 5.95. The van der Waals surface area contributed by atoms with E-state index in [1.165, 1.54) is 0 Å². The van der Waals surface area contributed by atoms with E-state index < -0.39 is 0 Å². The SMILES string of the molecule is CCn1[c-][n+](Cc2cc(Cn3[c-][n+](CC)cc3)n[nH]2)cc1. The molecule has 0 bridgehead atoms. The number of rotatable bonds is 6. The van der Waals surface area contributed by atoms with Crippen molar-refractivity contribution in [1.82, 2.24) is 19.3 Å². The Balaban J connectivity index is 1.65. The summed E-state index contributed by atoms with van der Waals surface area (Å²) in [6, 6.07) is 2.09. The maximum atomic E-state index is 4.36. The van der Waals surface area contributed by atoms with Gasteiger partial charge in [0, 0.05) is 0 Å². The molecule has 3 heterocycles. The number of aromatic amines is 1. The van der Waals surface area contributed by atoms with E-state index in [-0.39, 0.29) is 0 Å². The van der Waals surface area contributed by atoms with Crippen molar-refractivity contribution < 1.29 is 9.13 Å². The van der Waals surface area contributed by atoms with Crippen molar-refractivity contribution in [2.75, 3.05) is 0 Å². The number of hydrogen-bond donors (Lipinski definition) is 1. The van der Waals surface area contributed by atoms with Crippen LogP contribution in [0, 0.1) is 12.7 Å². The second-order valence-corrected chi connectivity index (χ2v) is 5.01. The Morgan fingerprint density at radius 1 is 1.14 bits per heavy atom. The standard InChI is InChI=1S/C15H20N6/c1-3-18-5-7-20(12-18)10-14-9-15(17-16-14)11-21-8-6-19(4-2)13-21/h5-9H,3-4,10-11H2,1-2H3,(H,16,17). The Morgan fingerprint density at radius 2 is 1.90 bits per heavy atom. The molecule has 0 aromatic carbocycles. The Labute approximate surface area is 124 Å². The van der Waals surface area contributed by atoms with Gasteiger partial charge in [0.05, 0.1) is 18.8 Å². The van der Waals surface area contributed by atoms with Crippen LogP contribution in [0.15, 0.2) is 30.9 Å². The molecule has 0 saturated heterocycles. The first-order valence-electron chi connectivity index (χ1n) is 7.25. The van der Waals surface area contributed by atoms with E-state index in [9.17, 15) is 0 Å². The highest BCUT2D eigenvalue weighted by molar-refractivity contribution is 5.07. The molecule has 0 aliphatic rings. The lowest BCUT2D eigenvalue weighted by Gasteiger charge is -1.97. The summed E-state index contributed by atoms with van der Waals surface area (Å²) in [6.07, 6.45) is 14.6. The molecule has 6 heteroatoms. The van der Waals surface area contributed by atoms with E-state index in [0.717, 1.165) is 37.6 Å². The summed E-state index contributed by atoms with van der Waals surface area (Å²) < 4.78 is 8.07. The lowest BCUT2D eigenvalue weighted by molar-refractivity contribution is -0.697. The van der Waals surface area contributed by atoms with Crippen LogP contribution in [-0.4, -0.2) is 19.3 Å². The third kappa shape index (κ3) is 3.21. The molecule has 110 valence electrons. The Hall–Kier alpha value is -2.37. The third-order valence-corrected chi connectivity index (χ3v) is 3.41. The van der Waals surface area contributed by atoms with Crippen molar-refractivity contribution in [3.8, 4) is 0 Å². The van der Waals surface area contributed by atoms with Gasteiger partial charge in [-0.3, -0.25) is 5.10 Å². The number of aryl methyl sites for hydroxylation is 2. The topological polar surface area (TPSA) is 46.3 Å². The van der Waals surface area contributed by atoms with Crippen LogP contribution in [0.3, 0.4) is 0 Å². The molecule has 0 atom stereocenters. The zero-order valence-corrected chi connectivity index (χ0v) is 12.5. The van der Waals surface area contributed by atoms with Crippen molar-refractivity contribution in [1.29, 1.82) is 0 Å². The number of nitrogens with one attached hydrogen (secondary N) is 1. The molecule has 0 amide bonds. The number of nitrogens with zero attached hydrogens (tertiary/aromatic N) is 5. The van der Waals surface area contributed by atoms with Crippen LogP contribution in [0.2, 0.25) is 0 Å². The van der Waals surface area contributed by atoms with Gasteiger partial charge in [0.2, 0.25) is 12.7 Å². The summed E-state index contributed by atoms with van der Waals surface area (Å²) in [4.78, 5) is 0. The van der Waals surface area contributed by atoms with Gasteiger partial charge < -0.3 is 18.3 Å². The molecule has 3 rings (SSSR count). The van der Waals surface area contributed by atoms with E-state index in [4.69, 9.17) is 0 Å². The monoisotopic (exact) mass is 284 g/mol. The van der Waals surface area contributed by atoms with Gasteiger partial charge in [0.25, 0.3) is 0 Å². The zero-order chi connectivity index (χ0) is 14.7. The number of imidazole rings is 2. The first-order valence-corrected chi connectivity index (χ1v) is 7.25. The molecule has 0 aliphatic carbocycles. The van der Waals surface area contributed by atoms with Gasteiger partial charge >= 0.3 is 0 Å². The van der Waals surface area contributed by atoms with Crippen LogP contribution in [-0.2, 0) is 26.2 Å². The molecule has 0 fully saturated rings. The van der Waals surface area contributed by atoms with Crippen molar-refractivity contribution >= 4 is 0 Å². The van der Waals surface area contributed by atoms with Gasteiger partial charge in [0.15, 0.2) is 0 Å². The second-order valence-electron chi connectivity index (χ2n) is 5.01. The summed E-state index contributed by atoms with van der Waals surface area (Å²) in [7, 11) is 0. The highest BCUT2D eigenvalue weighted by atomic mass is 15.2. The summed E-state index contributed by atoms with van der Waals surface area (Å²) in [5, 5.41) is 7.45. The van der Waals surface area contributed by atoms with Crippen LogP contribution < -0.4 is 9.13 Å². The lowest BCUT2D eigenvalue weighted by Crippen LogP contribution is -2.32. The lowest BCUT2D eigenvalue weighted by atomic mass is 10.3. The molecule has 0 radical (unpaired) electrons. The molecule has 0 aliphatic heterocycles. The van der Waals surface area contributed by atoms with Gasteiger partial charge in [-0.25, -0.2) is 0 Å². The number of aromatic nitrogens is 6. The molecule has 0 unspecified atom stereocenters. The van der Waals surface area contributed by atoms with Gasteiger partial charge in [-0.1, -0.05) is 0 Å². The summed E-state index contributed by atoms with van der Waals surface area (Å²) >= 11 is 0. The first kappa shape index (κ1) is 13.6. The normalized spacial score (nSPS) is 11.1. The maximum absolute atomic E-state index is 4.36. The zero-order valence-electron chi connectivity index (χ0n) is 12.5. The minimum Gasteiger partial charge on any atom is -0.351 e. The van der Waals surface area contributed by atoms with E-state index in [1.807, 2.05) is 43.1 Å². The summed E-state index contributed by atoms with van der Waals surface area (Å²) in [5.74, 6) is 0. The van der Waals surface area contributed by atoms with E-state index >= 15 is 0 Å². The smallest absolute Gasteiger partial charge is 0.204 e. The Kier molecular flexibility index (Phi) is 3.85. The average molecular weight is 284 g/mol. The fourth-order valence-corrected chi connectivity index (χ4v) is 2.24. The van der Waals surface area contributed by atoms with E-state index in [2.05, 4.69) is 42.8 Å². The number of hydrogen-bond acceptors (Lipinski definition) is 1. The van der Waals surface area contributed by atoms with Crippen molar-refractivity contribution in [3.05, 3.63) is 54.9 Å². The molecule has 21 heavy (non-hydrogen) atoms. The fourth-order valence-electron chi connectivity index (χ4n) is 2.24. The highest BCUT2D eigenvalue weighted by Gasteiger charge is 2.05. The molecule has 6 nitrogen and oxygen atoms in total. The predicted octanol–water partition coefficient (Wildman–Crippen LogP) is 0.324. The van der Waals surface area contributed by atoms with Crippen molar-refractivity contribution in [2.24, 2.45) is 0 Å². The minimum atomic E-state index is 0.730. The average Bonchev–Trinajstić information content (AvgIpc) is 3.21. The predicted molar refractivity (Wildman–Crippen MR) is 75.1 cm³/mol. The third-order valence-electron chi connectivity index (χ3n) is 3.41. The summed E-state index contributed by atoms with van der Waals surface area (Å²) in [5.41, 5.74) is 2.09. The number of H-pyrrole nitrogens is 1. The van der Waals surface area contributed by atoms with Crippen molar-refractivity contribution in [2.45, 2.75) is 40.0 Å². The molecule has 3 aromatic heterocycles. The largest absolute Gasteiger partial charge is 0.351 e. The quantitative estimate of drug-likeness (QED) is 0.514. The minimum absolute atomic E-state index is 0.730. The molecular weight excluding hydrogens is 264 g/mol. The van der Waals surface area contributed by atoms with Crippen LogP contribution in [0.25, 0.3) is 0 Å². The van der Waals surface area contributed by atoms with Gasteiger partial charge in [0.1, 0.15) is 18.8 Å². The van der Waals surface area contributed by atoms with Crippen molar-refractivity contribution in [3.63, 3.8) is 0 Å². The molecular formula is C15H20N6.